The standard InChI is InChI=1S/C31H47NO4/c1-18-9-14-31(32(17-18)20(3)33)19(2)28-27(36-31)16-26-24-8-7-22-15-23(35-21(4)34)10-12-29(22,5)25(24)11-13-30(26,28)6/h7,18-19,23-28H,8-17H2,1-6H3/t18-,19+,23+,24-,25+,26+,27+,28+,29+,30+,31-/m1/s1. The fourth-order valence-corrected chi connectivity index (χ4v) is 10.8. The number of rotatable bonds is 1. The lowest BCUT2D eigenvalue weighted by Gasteiger charge is -2.59. The van der Waals surface area contributed by atoms with Crippen molar-refractivity contribution in [2.24, 2.45) is 46.3 Å². The average Bonchev–Trinajstić information content (AvgIpc) is 3.26. The summed E-state index contributed by atoms with van der Waals surface area (Å²) >= 11 is 0. The number of amides is 1. The largest absolute Gasteiger partial charge is 0.462 e. The van der Waals surface area contributed by atoms with E-state index in [2.05, 4.69) is 38.7 Å². The maximum atomic E-state index is 12.8. The Labute approximate surface area is 217 Å². The Morgan fingerprint density at radius 1 is 1.06 bits per heavy atom. The molecule has 0 unspecified atom stereocenters. The van der Waals surface area contributed by atoms with E-state index in [1.54, 1.807) is 12.5 Å². The van der Waals surface area contributed by atoms with E-state index in [-0.39, 0.29) is 40.6 Å². The summed E-state index contributed by atoms with van der Waals surface area (Å²) in [4.78, 5) is 26.5. The number of hydrogen-bond acceptors (Lipinski definition) is 4. The molecule has 0 aromatic carbocycles. The van der Waals surface area contributed by atoms with Crippen molar-refractivity contribution >= 4 is 11.9 Å². The summed E-state index contributed by atoms with van der Waals surface area (Å²) in [7, 11) is 0. The number of esters is 1. The molecule has 2 aliphatic heterocycles. The minimum Gasteiger partial charge on any atom is -0.462 e. The van der Waals surface area contributed by atoms with Gasteiger partial charge in [-0.05, 0) is 91.8 Å². The number of fused-ring (bicyclic) bond motifs is 7. The summed E-state index contributed by atoms with van der Waals surface area (Å²) in [5.41, 5.74) is 1.70. The third kappa shape index (κ3) is 3.36. The third-order valence-corrected chi connectivity index (χ3v) is 12.4. The van der Waals surface area contributed by atoms with Crippen molar-refractivity contribution in [2.45, 2.75) is 117 Å². The molecule has 5 heteroatoms. The minimum atomic E-state index is -0.390. The summed E-state index contributed by atoms with van der Waals surface area (Å²) in [5, 5.41) is 0. The Morgan fingerprint density at radius 3 is 2.56 bits per heavy atom. The first-order chi connectivity index (χ1) is 17.0. The van der Waals surface area contributed by atoms with Gasteiger partial charge < -0.3 is 14.4 Å². The van der Waals surface area contributed by atoms with Gasteiger partial charge in [-0.15, -0.1) is 0 Å². The first-order valence-electron chi connectivity index (χ1n) is 14.8. The number of hydrogen-bond donors (Lipinski definition) is 0. The molecule has 5 nitrogen and oxygen atoms in total. The normalized spacial score (nSPS) is 51.6. The SMILES string of the molecule is CC(=O)O[C@H]1CC[C@@]2(C)C(=CC[C@H]3[C@@H]4C[C@@H]5O[C@]6(CC[C@@H](C)CN6C(C)=O)[C@@H](C)[C@@H]5[C@@]4(C)CC[C@@H]32)C1. The first kappa shape index (κ1) is 24.9. The van der Waals surface area contributed by atoms with Gasteiger partial charge in [-0.2, -0.15) is 0 Å². The van der Waals surface area contributed by atoms with Crippen LogP contribution in [0.3, 0.4) is 0 Å². The smallest absolute Gasteiger partial charge is 0.302 e. The van der Waals surface area contributed by atoms with E-state index in [4.69, 9.17) is 9.47 Å². The van der Waals surface area contributed by atoms with Crippen LogP contribution >= 0.6 is 0 Å². The second-order valence-electron chi connectivity index (χ2n) is 14.1. The number of piperidine rings is 1. The monoisotopic (exact) mass is 497 g/mol. The van der Waals surface area contributed by atoms with Gasteiger partial charge in [-0.3, -0.25) is 9.59 Å². The lowest BCUT2D eigenvalue weighted by atomic mass is 9.46. The van der Waals surface area contributed by atoms with Gasteiger partial charge in [0.05, 0.1) is 6.10 Å². The number of allylic oxidation sites excluding steroid dienone is 1. The van der Waals surface area contributed by atoms with Crippen molar-refractivity contribution in [2.75, 3.05) is 6.54 Å². The fraction of sp³-hybridized carbons (Fsp3) is 0.871. The molecule has 6 aliphatic rings. The lowest BCUT2D eigenvalue weighted by Crippen LogP contribution is -2.60. The molecule has 2 saturated heterocycles. The van der Waals surface area contributed by atoms with Crippen LogP contribution in [0.4, 0.5) is 0 Å². The van der Waals surface area contributed by atoms with Gasteiger partial charge in [0.15, 0.2) is 0 Å². The summed E-state index contributed by atoms with van der Waals surface area (Å²) in [6.07, 6.45) is 13.0. The lowest BCUT2D eigenvalue weighted by molar-refractivity contribution is -0.200. The molecule has 0 aromatic heterocycles. The van der Waals surface area contributed by atoms with Crippen LogP contribution in [0.2, 0.25) is 0 Å². The highest BCUT2D eigenvalue weighted by atomic mass is 16.5. The molecule has 11 atom stereocenters. The van der Waals surface area contributed by atoms with Gasteiger partial charge in [-0.25, -0.2) is 0 Å². The van der Waals surface area contributed by atoms with Crippen LogP contribution < -0.4 is 0 Å². The molecule has 1 amide bonds. The van der Waals surface area contributed by atoms with Gasteiger partial charge >= 0.3 is 5.97 Å². The fourth-order valence-electron chi connectivity index (χ4n) is 10.8. The van der Waals surface area contributed by atoms with Crippen molar-refractivity contribution in [3.63, 3.8) is 0 Å². The van der Waals surface area contributed by atoms with Crippen molar-refractivity contribution in [3.05, 3.63) is 11.6 Å². The Morgan fingerprint density at radius 2 is 1.83 bits per heavy atom. The quantitative estimate of drug-likeness (QED) is 0.324. The van der Waals surface area contributed by atoms with Crippen LogP contribution in [0.15, 0.2) is 11.6 Å². The van der Waals surface area contributed by atoms with E-state index < -0.39 is 0 Å². The van der Waals surface area contributed by atoms with Crippen LogP contribution in [0.25, 0.3) is 0 Å². The van der Waals surface area contributed by atoms with E-state index >= 15 is 0 Å². The second-order valence-corrected chi connectivity index (χ2v) is 14.1. The zero-order chi connectivity index (χ0) is 25.6. The highest BCUT2D eigenvalue weighted by Gasteiger charge is 2.69. The van der Waals surface area contributed by atoms with Gasteiger partial charge in [0, 0.05) is 32.7 Å². The van der Waals surface area contributed by atoms with Gasteiger partial charge in [0.25, 0.3) is 0 Å². The zero-order valence-electron chi connectivity index (χ0n) is 23.3. The average molecular weight is 498 g/mol. The molecule has 0 N–H and O–H groups in total. The van der Waals surface area contributed by atoms with Gasteiger partial charge in [0.1, 0.15) is 11.8 Å². The molecule has 0 bridgehead atoms. The Balaban J connectivity index is 1.26. The van der Waals surface area contributed by atoms with Crippen molar-refractivity contribution in [1.82, 2.24) is 4.90 Å². The van der Waals surface area contributed by atoms with Crippen LogP contribution in [-0.4, -0.2) is 41.3 Å². The van der Waals surface area contributed by atoms with Crippen LogP contribution in [0.1, 0.15) is 99.3 Å². The number of carbonyl (C=O) groups excluding carboxylic acids is 2. The first-order valence-corrected chi connectivity index (χ1v) is 14.8. The number of nitrogens with zero attached hydrogens (tertiary/aromatic N) is 1. The maximum absolute atomic E-state index is 12.8. The number of ether oxygens (including phenoxy) is 2. The Hall–Kier alpha value is -1.36. The van der Waals surface area contributed by atoms with Crippen molar-refractivity contribution in [3.8, 4) is 0 Å². The highest BCUT2D eigenvalue weighted by molar-refractivity contribution is 5.74. The highest BCUT2D eigenvalue weighted by Crippen LogP contribution is 2.70. The molecule has 0 radical (unpaired) electrons. The predicted molar refractivity (Wildman–Crippen MR) is 139 cm³/mol. The maximum Gasteiger partial charge on any atom is 0.302 e. The summed E-state index contributed by atoms with van der Waals surface area (Å²) in [6, 6.07) is 0. The summed E-state index contributed by atoms with van der Waals surface area (Å²) in [5.74, 6) is 3.64. The van der Waals surface area contributed by atoms with E-state index in [1.807, 2.05) is 0 Å². The zero-order valence-corrected chi connectivity index (χ0v) is 23.3. The van der Waals surface area contributed by atoms with Crippen molar-refractivity contribution < 1.29 is 19.1 Å². The predicted octanol–water partition coefficient (Wildman–Crippen LogP) is 6.12. The summed E-state index contributed by atoms with van der Waals surface area (Å²) < 4.78 is 12.7. The molecule has 6 rings (SSSR count). The van der Waals surface area contributed by atoms with E-state index in [0.29, 0.717) is 23.7 Å². The van der Waals surface area contributed by atoms with E-state index in [0.717, 1.165) is 56.9 Å². The van der Waals surface area contributed by atoms with Gasteiger partial charge in [0.2, 0.25) is 5.91 Å². The molecular formula is C31H47NO4. The Bertz CT molecular complexity index is 976. The third-order valence-electron chi connectivity index (χ3n) is 12.4. The van der Waals surface area contributed by atoms with Gasteiger partial charge in [-0.1, -0.05) is 39.3 Å². The molecule has 2 heterocycles. The molecule has 200 valence electrons. The molecule has 3 saturated carbocycles. The number of carbonyl (C=O) groups is 2. The van der Waals surface area contributed by atoms with E-state index in [9.17, 15) is 9.59 Å². The van der Waals surface area contributed by atoms with Crippen molar-refractivity contribution in [1.29, 1.82) is 0 Å². The number of likely N-dealkylation sites (tertiary alicyclic amines) is 1. The molecular weight excluding hydrogens is 450 g/mol. The van der Waals surface area contributed by atoms with Crippen LogP contribution in [0, 0.1) is 46.3 Å². The Kier molecular flexibility index (Phi) is 5.76. The molecule has 36 heavy (non-hydrogen) atoms. The molecule has 0 aromatic rings. The second kappa shape index (κ2) is 8.32. The van der Waals surface area contributed by atoms with E-state index in [1.165, 1.54) is 26.2 Å². The molecule has 1 spiro atoms. The molecule has 5 fully saturated rings. The van der Waals surface area contributed by atoms with Crippen LogP contribution in [-0.2, 0) is 19.1 Å². The minimum absolute atomic E-state index is 0.0611. The topological polar surface area (TPSA) is 55.8 Å². The van der Waals surface area contributed by atoms with Crippen LogP contribution in [0.5, 0.6) is 0 Å². The summed E-state index contributed by atoms with van der Waals surface area (Å²) in [6.45, 7) is 13.9. The molecule has 4 aliphatic carbocycles.